The summed E-state index contributed by atoms with van der Waals surface area (Å²) in [5.74, 6) is -0.104. The van der Waals surface area contributed by atoms with Crippen LogP contribution in [-0.2, 0) is 29.0 Å². The summed E-state index contributed by atoms with van der Waals surface area (Å²) in [6.45, 7) is 5.17. The molecular formula is C21H24N4O3S. The number of aromatic amines is 1. The second-order valence-electron chi connectivity index (χ2n) is 7.20. The van der Waals surface area contributed by atoms with Crippen LogP contribution in [0.15, 0.2) is 16.2 Å². The average Bonchev–Trinajstić information content (AvgIpc) is 3.15. The van der Waals surface area contributed by atoms with E-state index >= 15 is 0 Å². The highest BCUT2D eigenvalue weighted by molar-refractivity contribution is 7.10. The van der Waals surface area contributed by atoms with E-state index in [-0.39, 0.29) is 30.2 Å². The molecular weight excluding hydrogens is 388 g/mol. The van der Waals surface area contributed by atoms with Crippen molar-refractivity contribution in [3.05, 3.63) is 54.6 Å². The van der Waals surface area contributed by atoms with Gasteiger partial charge in [-0.15, -0.1) is 11.3 Å². The van der Waals surface area contributed by atoms with Crippen LogP contribution in [0.1, 0.15) is 45.7 Å². The third-order valence-corrected chi connectivity index (χ3v) is 6.37. The van der Waals surface area contributed by atoms with Gasteiger partial charge in [0.25, 0.3) is 5.56 Å². The van der Waals surface area contributed by atoms with E-state index in [2.05, 4.69) is 21.7 Å². The van der Waals surface area contributed by atoms with Crippen molar-refractivity contribution >= 4 is 23.2 Å². The molecule has 0 aromatic carbocycles. The molecule has 1 aliphatic rings. The molecule has 2 aromatic heterocycles. The first-order chi connectivity index (χ1) is 13.9. The Hall–Kier alpha value is -2.92. The first-order valence-electron chi connectivity index (χ1n) is 9.63. The molecule has 0 bridgehead atoms. The van der Waals surface area contributed by atoms with Crippen LogP contribution in [0.4, 0.5) is 0 Å². The summed E-state index contributed by atoms with van der Waals surface area (Å²) in [6.07, 6.45) is 1.83. The van der Waals surface area contributed by atoms with Gasteiger partial charge in [-0.05, 0) is 54.8 Å². The molecule has 7 nitrogen and oxygen atoms in total. The summed E-state index contributed by atoms with van der Waals surface area (Å²) in [7, 11) is 0. The molecule has 1 aliphatic heterocycles. The predicted octanol–water partition coefficient (Wildman–Crippen LogP) is 1.95. The maximum absolute atomic E-state index is 12.4. The van der Waals surface area contributed by atoms with Gasteiger partial charge < -0.3 is 15.2 Å². The van der Waals surface area contributed by atoms with Crippen molar-refractivity contribution in [1.29, 1.82) is 5.26 Å². The maximum Gasteiger partial charge on any atom is 0.266 e. The van der Waals surface area contributed by atoms with Crippen molar-refractivity contribution in [2.75, 3.05) is 13.1 Å². The number of carbonyl (C=O) groups is 2. The summed E-state index contributed by atoms with van der Waals surface area (Å²) in [5, 5.41) is 14.0. The molecule has 0 fully saturated rings. The fourth-order valence-corrected chi connectivity index (χ4v) is 4.57. The molecule has 3 heterocycles. The van der Waals surface area contributed by atoms with Gasteiger partial charge in [0.1, 0.15) is 11.6 Å². The number of hydrogen-bond acceptors (Lipinski definition) is 5. The lowest BCUT2D eigenvalue weighted by Gasteiger charge is -2.27. The molecule has 2 N–H and O–H groups in total. The fourth-order valence-electron chi connectivity index (χ4n) is 3.68. The first-order valence-corrected chi connectivity index (χ1v) is 10.5. The van der Waals surface area contributed by atoms with Crippen molar-refractivity contribution in [3.63, 3.8) is 0 Å². The van der Waals surface area contributed by atoms with Crippen LogP contribution in [0.5, 0.6) is 0 Å². The molecule has 8 heteroatoms. The zero-order valence-corrected chi connectivity index (χ0v) is 17.4. The Morgan fingerprint density at radius 2 is 2.14 bits per heavy atom. The minimum absolute atomic E-state index is 0.0492. The highest BCUT2D eigenvalue weighted by Gasteiger charge is 2.21. The molecule has 2 amide bonds. The number of H-pyrrole nitrogens is 1. The summed E-state index contributed by atoms with van der Waals surface area (Å²) in [6, 6.07) is 3.98. The van der Waals surface area contributed by atoms with Crippen molar-refractivity contribution in [3.8, 4) is 6.07 Å². The monoisotopic (exact) mass is 412 g/mol. The number of nitrogens with zero attached hydrogens (tertiary/aromatic N) is 2. The van der Waals surface area contributed by atoms with Crippen molar-refractivity contribution in [1.82, 2.24) is 15.2 Å². The molecule has 0 spiro atoms. The Kier molecular flexibility index (Phi) is 6.49. The van der Waals surface area contributed by atoms with E-state index < -0.39 is 5.56 Å². The van der Waals surface area contributed by atoms with Crippen LogP contribution in [0, 0.1) is 25.2 Å². The highest BCUT2D eigenvalue weighted by atomic mass is 32.1. The SMILES string of the molecule is Cc1[nH]c(=O)c(C#N)c(C)c1CCC(=O)NCCC(=O)N1CCc2sccc2C1. The third-order valence-electron chi connectivity index (χ3n) is 5.34. The number of fused-ring (bicyclic) bond motifs is 1. The molecule has 2 aromatic rings. The third kappa shape index (κ3) is 4.74. The minimum atomic E-state index is -0.401. The van der Waals surface area contributed by atoms with E-state index in [0.29, 0.717) is 30.8 Å². The number of aromatic nitrogens is 1. The summed E-state index contributed by atoms with van der Waals surface area (Å²) in [4.78, 5) is 42.2. The number of aryl methyl sites for hydroxylation is 1. The van der Waals surface area contributed by atoms with Gasteiger partial charge in [-0.1, -0.05) is 0 Å². The average molecular weight is 413 g/mol. The van der Waals surface area contributed by atoms with Gasteiger partial charge in [-0.25, -0.2) is 0 Å². The topological polar surface area (TPSA) is 106 Å². The zero-order valence-electron chi connectivity index (χ0n) is 16.6. The summed E-state index contributed by atoms with van der Waals surface area (Å²) < 4.78 is 0. The van der Waals surface area contributed by atoms with Crippen LogP contribution in [0.3, 0.4) is 0 Å². The largest absolute Gasteiger partial charge is 0.356 e. The Labute approximate surface area is 173 Å². The Morgan fingerprint density at radius 1 is 1.34 bits per heavy atom. The van der Waals surface area contributed by atoms with E-state index in [1.54, 1.807) is 25.2 Å². The molecule has 3 rings (SSSR count). The molecule has 0 atom stereocenters. The molecule has 0 radical (unpaired) electrons. The lowest BCUT2D eigenvalue weighted by atomic mass is 9.99. The van der Waals surface area contributed by atoms with Gasteiger partial charge in [0, 0.05) is 43.0 Å². The number of thiophene rings is 1. The number of rotatable bonds is 6. The number of hydrogen-bond donors (Lipinski definition) is 2. The van der Waals surface area contributed by atoms with E-state index in [0.717, 1.165) is 18.5 Å². The maximum atomic E-state index is 12.4. The first kappa shape index (κ1) is 20.8. The zero-order chi connectivity index (χ0) is 21.0. The molecule has 0 unspecified atom stereocenters. The second kappa shape index (κ2) is 9.05. The van der Waals surface area contributed by atoms with Gasteiger partial charge >= 0.3 is 0 Å². The lowest BCUT2D eigenvalue weighted by molar-refractivity contribution is -0.132. The van der Waals surface area contributed by atoms with Crippen molar-refractivity contribution < 1.29 is 9.59 Å². The molecule has 0 aliphatic carbocycles. The van der Waals surface area contributed by atoms with Crippen molar-refractivity contribution in [2.24, 2.45) is 0 Å². The van der Waals surface area contributed by atoms with Gasteiger partial charge in [-0.2, -0.15) is 5.26 Å². The van der Waals surface area contributed by atoms with Crippen molar-refractivity contribution in [2.45, 2.75) is 46.1 Å². The number of amides is 2. The number of nitriles is 1. The summed E-state index contributed by atoms with van der Waals surface area (Å²) in [5.41, 5.74) is 3.02. The van der Waals surface area contributed by atoms with Crippen LogP contribution in [0.25, 0.3) is 0 Å². The van der Waals surface area contributed by atoms with Crippen LogP contribution in [-0.4, -0.2) is 34.8 Å². The summed E-state index contributed by atoms with van der Waals surface area (Å²) >= 11 is 1.74. The molecule has 0 saturated heterocycles. The van der Waals surface area contributed by atoms with E-state index in [1.165, 1.54) is 10.4 Å². The second-order valence-corrected chi connectivity index (χ2v) is 8.20. The Balaban J connectivity index is 1.46. The van der Waals surface area contributed by atoms with E-state index in [4.69, 9.17) is 5.26 Å². The molecule has 29 heavy (non-hydrogen) atoms. The predicted molar refractivity (Wildman–Crippen MR) is 111 cm³/mol. The number of pyridine rings is 1. The van der Waals surface area contributed by atoms with Gasteiger partial charge in [0.05, 0.1) is 0 Å². The minimum Gasteiger partial charge on any atom is -0.356 e. The lowest BCUT2D eigenvalue weighted by Crippen LogP contribution is -2.37. The molecule has 0 saturated carbocycles. The van der Waals surface area contributed by atoms with Crippen LogP contribution >= 0.6 is 11.3 Å². The number of carbonyl (C=O) groups excluding carboxylic acids is 2. The van der Waals surface area contributed by atoms with E-state index in [9.17, 15) is 14.4 Å². The van der Waals surface area contributed by atoms with Gasteiger partial charge in [-0.3, -0.25) is 14.4 Å². The fraction of sp³-hybridized carbons (Fsp3) is 0.429. The van der Waals surface area contributed by atoms with Crippen LogP contribution < -0.4 is 10.9 Å². The number of nitrogens with one attached hydrogen (secondary N) is 2. The van der Waals surface area contributed by atoms with E-state index in [1.807, 2.05) is 11.0 Å². The normalized spacial score (nSPS) is 12.9. The van der Waals surface area contributed by atoms with Gasteiger partial charge in [0.15, 0.2) is 0 Å². The Morgan fingerprint density at radius 3 is 2.90 bits per heavy atom. The Bertz CT molecular complexity index is 1030. The van der Waals surface area contributed by atoms with Crippen LogP contribution in [0.2, 0.25) is 0 Å². The standard InChI is InChI=1S/C21H24N4O3S/c1-13-16(14(2)24-21(28)17(13)11-22)3-4-19(26)23-8-5-20(27)25-9-6-18-15(12-25)7-10-29-18/h7,10H,3-6,8-9,12H2,1-2H3,(H,23,26)(H,24,28). The molecule has 152 valence electrons. The quantitative estimate of drug-likeness (QED) is 0.756. The van der Waals surface area contributed by atoms with Gasteiger partial charge in [0.2, 0.25) is 11.8 Å². The smallest absolute Gasteiger partial charge is 0.266 e. The highest BCUT2D eigenvalue weighted by Crippen LogP contribution is 2.24.